The zero-order chi connectivity index (χ0) is 9.84. The molecule has 1 aromatic carbocycles. The van der Waals surface area contributed by atoms with E-state index in [0.29, 0.717) is 0 Å². The van der Waals surface area contributed by atoms with Crippen LogP contribution in [0.25, 0.3) is 0 Å². The maximum Gasteiger partial charge on any atom is 0.0627 e. The van der Waals surface area contributed by atoms with Gasteiger partial charge in [0.1, 0.15) is 0 Å². The number of hydrogen-bond donors (Lipinski definition) is 0. The molecule has 0 heterocycles. The van der Waals surface area contributed by atoms with Crippen LogP contribution < -0.4 is 0 Å². The van der Waals surface area contributed by atoms with Crippen LogP contribution in [0.1, 0.15) is 31.4 Å². The van der Waals surface area contributed by atoms with Crippen molar-refractivity contribution >= 4 is 23.2 Å². The van der Waals surface area contributed by atoms with Crippen molar-refractivity contribution in [2.24, 2.45) is 0 Å². The van der Waals surface area contributed by atoms with E-state index in [0.717, 1.165) is 40.4 Å². The van der Waals surface area contributed by atoms with Crippen molar-refractivity contribution in [3.8, 4) is 0 Å². The second-order valence-corrected chi connectivity index (χ2v) is 3.87. The van der Waals surface area contributed by atoms with Gasteiger partial charge in [-0.05, 0) is 24.0 Å². The van der Waals surface area contributed by atoms with E-state index in [1.807, 2.05) is 0 Å². The Kier molecular flexibility index (Phi) is 4.08. The predicted molar refractivity (Wildman–Crippen MR) is 59.8 cm³/mol. The van der Waals surface area contributed by atoms with E-state index in [1.54, 1.807) is 0 Å². The van der Waals surface area contributed by atoms with Crippen molar-refractivity contribution in [2.75, 3.05) is 0 Å². The van der Waals surface area contributed by atoms with E-state index >= 15 is 0 Å². The van der Waals surface area contributed by atoms with Gasteiger partial charge in [0.25, 0.3) is 0 Å². The molecule has 0 saturated carbocycles. The van der Waals surface area contributed by atoms with Gasteiger partial charge < -0.3 is 0 Å². The van der Waals surface area contributed by atoms with Crippen LogP contribution in [-0.2, 0) is 12.8 Å². The van der Waals surface area contributed by atoms with Crippen molar-refractivity contribution in [1.82, 2.24) is 0 Å². The van der Waals surface area contributed by atoms with Gasteiger partial charge in [0.2, 0.25) is 0 Å². The fourth-order valence-electron chi connectivity index (χ4n) is 1.36. The van der Waals surface area contributed by atoms with Crippen LogP contribution in [-0.4, -0.2) is 0 Å². The molecule has 0 unspecified atom stereocenters. The highest BCUT2D eigenvalue weighted by Gasteiger charge is 2.07. The molecule has 0 amide bonds. The van der Waals surface area contributed by atoms with Crippen molar-refractivity contribution in [2.45, 2.75) is 33.1 Å². The molecule has 0 N–H and O–H groups in total. The van der Waals surface area contributed by atoms with Crippen LogP contribution in [0.2, 0.25) is 10.0 Å². The highest BCUT2D eigenvalue weighted by atomic mass is 35.5. The van der Waals surface area contributed by atoms with Crippen LogP contribution in [0.4, 0.5) is 0 Å². The van der Waals surface area contributed by atoms with E-state index in [2.05, 4.69) is 26.0 Å². The van der Waals surface area contributed by atoms with Crippen LogP contribution in [0.15, 0.2) is 12.1 Å². The molecule has 72 valence electrons. The second-order valence-electron chi connectivity index (χ2n) is 3.12. The molecule has 0 radical (unpaired) electrons. The predicted octanol–water partition coefficient (Wildman–Crippen LogP) is 4.51. The third-order valence-corrected chi connectivity index (χ3v) is 3.10. The highest BCUT2D eigenvalue weighted by molar-refractivity contribution is 6.43. The van der Waals surface area contributed by atoms with Crippen LogP contribution in [0.3, 0.4) is 0 Å². The van der Waals surface area contributed by atoms with Gasteiger partial charge in [-0.3, -0.25) is 0 Å². The Morgan fingerprint density at radius 1 is 1.00 bits per heavy atom. The Morgan fingerprint density at radius 2 is 1.54 bits per heavy atom. The summed E-state index contributed by atoms with van der Waals surface area (Å²) in [6, 6.07) is 4.15. The summed E-state index contributed by atoms with van der Waals surface area (Å²) >= 11 is 12.2. The minimum Gasteiger partial charge on any atom is -0.0824 e. The fraction of sp³-hybridized carbons (Fsp3) is 0.455. The van der Waals surface area contributed by atoms with Gasteiger partial charge >= 0.3 is 0 Å². The minimum atomic E-state index is 0.732. The first-order valence-electron chi connectivity index (χ1n) is 4.66. The highest BCUT2D eigenvalue weighted by Crippen LogP contribution is 2.30. The Labute approximate surface area is 89.9 Å². The summed E-state index contributed by atoms with van der Waals surface area (Å²) in [6.45, 7) is 4.22. The molecule has 2 heteroatoms. The first-order chi connectivity index (χ1) is 6.20. The molecular formula is C11H14Cl2. The first kappa shape index (κ1) is 10.9. The summed E-state index contributed by atoms with van der Waals surface area (Å²) in [5.74, 6) is 0. The molecule has 1 aromatic rings. The normalized spacial score (nSPS) is 10.5. The lowest BCUT2D eigenvalue weighted by molar-refractivity contribution is 0.920. The van der Waals surface area contributed by atoms with E-state index < -0.39 is 0 Å². The quantitative estimate of drug-likeness (QED) is 0.698. The standard InChI is InChI=1S/C11H14Cl2/c1-3-5-9-7-6-8(4-2)10(12)11(9)13/h6-7H,3-5H2,1-2H3. The summed E-state index contributed by atoms with van der Waals surface area (Å²) in [6.07, 6.45) is 3.04. The monoisotopic (exact) mass is 216 g/mol. The SMILES string of the molecule is CCCc1ccc(CC)c(Cl)c1Cl. The first-order valence-corrected chi connectivity index (χ1v) is 5.42. The number of benzene rings is 1. The molecule has 0 saturated heterocycles. The number of aryl methyl sites for hydroxylation is 2. The molecule has 0 fully saturated rings. The summed E-state index contributed by atoms with van der Waals surface area (Å²) in [7, 11) is 0. The van der Waals surface area contributed by atoms with E-state index in [1.165, 1.54) is 0 Å². The average Bonchev–Trinajstić information content (AvgIpc) is 2.14. The smallest absolute Gasteiger partial charge is 0.0627 e. The van der Waals surface area contributed by atoms with Crippen molar-refractivity contribution in [1.29, 1.82) is 0 Å². The van der Waals surface area contributed by atoms with Crippen LogP contribution in [0.5, 0.6) is 0 Å². The minimum absolute atomic E-state index is 0.732. The molecule has 1 rings (SSSR count). The molecule has 13 heavy (non-hydrogen) atoms. The van der Waals surface area contributed by atoms with Crippen LogP contribution in [0, 0.1) is 0 Å². The molecule has 0 aliphatic rings. The fourth-order valence-corrected chi connectivity index (χ4v) is 1.96. The van der Waals surface area contributed by atoms with Gasteiger partial charge in [0.15, 0.2) is 0 Å². The number of hydrogen-bond acceptors (Lipinski definition) is 0. The second kappa shape index (κ2) is 4.88. The molecule has 0 atom stereocenters. The van der Waals surface area contributed by atoms with Crippen molar-refractivity contribution in [3.63, 3.8) is 0 Å². The summed E-state index contributed by atoms with van der Waals surface area (Å²) < 4.78 is 0. The molecule has 0 aliphatic heterocycles. The zero-order valence-electron chi connectivity index (χ0n) is 8.03. The Bertz CT molecular complexity index is 292. The van der Waals surface area contributed by atoms with Gasteiger partial charge in [-0.15, -0.1) is 0 Å². The summed E-state index contributed by atoms with van der Waals surface area (Å²) in [5.41, 5.74) is 2.29. The topological polar surface area (TPSA) is 0 Å². The molecule has 0 aromatic heterocycles. The third-order valence-electron chi connectivity index (χ3n) is 2.14. The lowest BCUT2D eigenvalue weighted by Gasteiger charge is -2.08. The largest absolute Gasteiger partial charge is 0.0824 e. The van der Waals surface area contributed by atoms with E-state index in [9.17, 15) is 0 Å². The molecule has 0 spiro atoms. The van der Waals surface area contributed by atoms with Crippen LogP contribution >= 0.6 is 23.2 Å². The van der Waals surface area contributed by atoms with Crippen molar-refractivity contribution < 1.29 is 0 Å². The van der Waals surface area contributed by atoms with Gasteiger partial charge in [-0.25, -0.2) is 0 Å². The summed E-state index contributed by atoms with van der Waals surface area (Å²) in [4.78, 5) is 0. The van der Waals surface area contributed by atoms with E-state index in [4.69, 9.17) is 23.2 Å². The Balaban J connectivity index is 3.07. The van der Waals surface area contributed by atoms with Gasteiger partial charge in [-0.1, -0.05) is 55.6 Å². The van der Waals surface area contributed by atoms with E-state index in [-0.39, 0.29) is 0 Å². The molecule has 0 bridgehead atoms. The molecule has 0 nitrogen and oxygen atoms in total. The Morgan fingerprint density at radius 3 is 2.08 bits per heavy atom. The third kappa shape index (κ3) is 2.38. The number of halogens is 2. The lowest BCUT2D eigenvalue weighted by atomic mass is 10.1. The lowest BCUT2D eigenvalue weighted by Crippen LogP contribution is -1.90. The Hall–Kier alpha value is -0.200. The summed E-state index contributed by atoms with van der Waals surface area (Å²) in [5, 5.41) is 1.47. The molecule has 0 aliphatic carbocycles. The maximum absolute atomic E-state index is 6.12. The average molecular weight is 217 g/mol. The number of rotatable bonds is 3. The van der Waals surface area contributed by atoms with Gasteiger partial charge in [0, 0.05) is 0 Å². The van der Waals surface area contributed by atoms with Gasteiger partial charge in [0.05, 0.1) is 10.0 Å². The van der Waals surface area contributed by atoms with Gasteiger partial charge in [-0.2, -0.15) is 0 Å². The van der Waals surface area contributed by atoms with Crippen molar-refractivity contribution in [3.05, 3.63) is 33.3 Å². The zero-order valence-corrected chi connectivity index (χ0v) is 9.54. The maximum atomic E-state index is 6.12. The molecular weight excluding hydrogens is 203 g/mol.